The van der Waals surface area contributed by atoms with E-state index in [2.05, 4.69) is 69.4 Å². The fraction of sp³-hybridized carbons (Fsp3) is 0.765. The summed E-state index contributed by atoms with van der Waals surface area (Å²) < 4.78 is 0. The van der Waals surface area contributed by atoms with Crippen LogP contribution in [-0.4, -0.2) is 37.6 Å². The van der Waals surface area contributed by atoms with Crippen molar-refractivity contribution in [3.05, 3.63) is 22.4 Å². The van der Waals surface area contributed by atoms with Gasteiger partial charge in [-0.1, -0.05) is 33.8 Å². The summed E-state index contributed by atoms with van der Waals surface area (Å²) in [6.45, 7) is 14.9. The summed E-state index contributed by atoms with van der Waals surface area (Å²) in [4.78, 5) is 3.98. The first-order valence-corrected chi connectivity index (χ1v) is 8.61. The van der Waals surface area contributed by atoms with Gasteiger partial charge in [-0.15, -0.1) is 11.3 Å². The third-order valence-corrected chi connectivity index (χ3v) is 4.56. The maximum Gasteiger partial charge on any atom is 0.0112 e. The van der Waals surface area contributed by atoms with Crippen molar-refractivity contribution in [1.82, 2.24) is 10.2 Å². The van der Waals surface area contributed by atoms with Crippen molar-refractivity contribution in [2.75, 3.05) is 26.7 Å². The Morgan fingerprint density at radius 2 is 2.00 bits per heavy atom. The Bertz CT molecular complexity index is 357. The van der Waals surface area contributed by atoms with Crippen LogP contribution >= 0.6 is 11.3 Å². The van der Waals surface area contributed by atoms with Gasteiger partial charge in [-0.3, -0.25) is 0 Å². The van der Waals surface area contributed by atoms with Gasteiger partial charge in [0.15, 0.2) is 0 Å². The maximum atomic E-state index is 3.59. The Morgan fingerprint density at radius 1 is 1.30 bits per heavy atom. The van der Waals surface area contributed by atoms with E-state index in [1.807, 2.05) is 11.3 Å². The summed E-state index contributed by atoms with van der Waals surface area (Å²) in [6, 6.07) is 4.98. The monoisotopic (exact) mass is 296 g/mol. The summed E-state index contributed by atoms with van der Waals surface area (Å²) >= 11 is 1.86. The highest BCUT2D eigenvalue weighted by molar-refractivity contribution is 7.09. The van der Waals surface area contributed by atoms with Crippen molar-refractivity contribution in [2.45, 2.75) is 47.1 Å². The van der Waals surface area contributed by atoms with E-state index < -0.39 is 0 Å². The van der Waals surface area contributed by atoms with E-state index >= 15 is 0 Å². The van der Waals surface area contributed by atoms with Gasteiger partial charge in [0.2, 0.25) is 0 Å². The molecule has 0 aliphatic rings. The van der Waals surface area contributed by atoms with E-state index in [-0.39, 0.29) is 0 Å². The highest BCUT2D eigenvalue weighted by atomic mass is 32.1. The second-order valence-electron chi connectivity index (χ2n) is 7.24. The third kappa shape index (κ3) is 6.87. The molecule has 0 aliphatic carbocycles. The van der Waals surface area contributed by atoms with Crippen LogP contribution in [0, 0.1) is 11.3 Å². The van der Waals surface area contributed by atoms with Crippen LogP contribution in [0.2, 0.25) is 0 Å². The smallest absolute Gasteiger partial charge is 0.0112 e. The second-order valence-corrected chi connectivity index (χ2v) is 8.27. The van der Waals surface area contributed by atoms with Crippen LogP contribution in [0.5, 0.6) is 0 Å². The average Bonchev–Trinajstić information content (AvgIpc) is 2.80. The predicted molar refractivity (Wildman–Crippen MR) is 91.6 cm³/mol. The van der Waals surface area contributed by atoms with Crippen molar-refractivity contribution in [1.29, 1.82) is 0 Å². The SMILES string of the molecule is CC(C)CNCC(C)(C)CN(C)C(C)Cc1cccs1. The predicted octanol–water partition coefficient (Wildman–Crippen LogP) is 3.88. The minimum atomic E-state index is 0.313. The van der Waals surface area contributed by atoms with Crippen molar-refractivity contribution in [3.8, 4) is 0 Å². The first-order valence-electron chi connectivity index (χ1n) is 7.73. The van der Waals surface area contributed by atoms with Gasteiger partial charge in [-0.25, -0.2) is 0 Å². The van der Waals surface area contributed by atoms with Gasteiger partial charge in [0.05, 0.1) is 0 Å². The molecule has 0 amide bonds. The van der Waals surface area contributed by atoms with E-state index in [1.165, 1.54) is 4.88 Å². The molecule has 0 aromatic carbocycles. The summed E-state index contributed by atoms with van der Waals surface area (Å²) in [6.07, 6.45) is 1.16. The molecule has 1 aromatic heterocycles. The lowest BCUT2D eigenvalue weighted by atomic mass is 9.92. The normalized spacial score (nSPS) is 14.2. The molecule has 0 radical (unpaired) electrons. The van der Waals surface area contributed by atoms with E-state index in [9.17, 15) is 0 Å². The van der Waals surface area contributed by atoms with E-state index in [0.29, 0.717) is 11.5 Å². The minimum Gasteiger partial charge on any atom is -0.316 e. The number of nitrogens with one attached hydrogen (secondary N) is 1. The van der Waals surface area contributed by atoms with E-state index in [0.717, 1.165) is 32.0 Å². The van der Waals surface area contributed by atoms with E-state index in [1.54, 1.807) is 0 Å². The van der Waals surface area contributed by atoms with Crippen molar-refractivity contribution >= 4 is 11.3 Å². The van der Waals surface area contributed by atoms with Crippen LogP contribution in [0.4, 0.5) is 0 Å². The Balaban J connectivity index is 2.36. The standard InChI is InChI=1S/C17H32N2S/c1-14(2)11-18-12-17(4,5)13-19(6)15(3)10-16-8-7-9-20-16/h7-9,14-15,18H,10-13H2,1-6H3. The molecule has 1 atom stereocenters. The molecule has 2 nitrogen and oxygen atoms in total. The van der Waals surface area contributed by atoms with Gasteiger partial charge in [-0.2, -0.15) is 0 Å². The largest absolute Gasteiger partial charge is 0.316 e. The lowest BCUT2D eigenvalue weighted by molar-refractivity contribution is 0.164. The fourth-order valence-electron chi connectivity index (χ4n) is 2.46. The quantitative estimate of drug-likeness (QED) is 0.744. The molecule has 1 rings (SSSR count). The maximum absolute atomic E-state index is 3.59. The molecule has 0 spiro atoms. The molecular weight excluding hydrogens is 264 g/mol. The Kier molecular flexibility index (Phi) is 7.21. The van der Waals surface area contributed by atoms with Crippen LogP contribution in [0.15, 0.2) is 17.5 Å². The fourth-order valence-corrected chi connectivity index (χ4v) is 3.29. The van der Waals surface area contributed by atoms with Gasteiger partial charge in [0.25, 0.3) is 0 Å². The number of hydrogen-bond acceptors (Lipinski definition) is 3. The summed E-state index contributed by atoms with van der Waals surface area (Å²) in [7, 11) is 2.25. The molecule has 1 unspecified atom stereocenters. The van der Waals surface area contributed by atoms with Crippen molar-refractivity contribution < 1.29 is 0 Å². The first-order chi connectivity index (χ1) is 9.30. The Morgan fingerprint density at radius 3 is 2.55 bits per heavy atom. The molecule has 20 heavy (non-hydrogen) atoms. The highest BCUT2D eigenvalue weighted by Crippen LogP contribution is 2.19. The zero-order valence-electron chi connectivity index (χ0n) is 14.1. The number of nitrogens with zero attached hydrogens (tertiary/aromatic N) is 1. The minimum absolute atomic E-state index is 0.313. The molecule has 1 N–H and O–H groups in total. The van der Waals surface area contributed by atoms with Crippen LogP contribution in [0.3, 0.4) is 0 Å². The van der Waals surface area contributed by atoms with Crippen LogP contribution in [0.25, 0.3) is 0 Å². The van der Waals surface area contributed by atoms with Crippen LogP contribution < -0.4 is 5.32 Å². The van der Waals surface area contributed by atoms with Crippen molar-refractivity contribution in [3.63, 3.8) is 0 Å². The van der Waals surface area contributed by atoms with Gasteiger partial charge in [0.1, 0.15) is 0 Å². The molecule has 0 bridgehead atoms. The average molecular weight is 297 g/mol. The molecule has 3 heteroatoms. The molecule has 0 saturated heterocycles. The van der Waals surface area contributed by atoms with Crippen LogP contribution in [0.1, 0.15) is 39.5 Å². The topological polar surface area (TPSA) is 15.3 Å². The number of rotatable bonds is 9. The lowest BCUT2D eigenvalue weighted by Crippen LogP contribution is -2.43. The number of thiophene rings is 1. The number of likely N-dealkylation sites (N-methyl/N-ethyl adjacent to an activating group) is 1. The molecule has 1 aromatic rings. The first kappa shape index (κ1) is 17.7. The molecule has 1 heterocycles. The highest BCUT2D eigenvalue weighted by Gasteiger charge is 2.22. The third-order valence-electron chi connectivity index (χ3n) is 3.66. The van der Waals surface area contributed by atoms with Gasteiger partial charge < -0.3 is 10.2 Å². The summed E-state index contributed by atoms with van der Waals surface area (Å²) in [5, 5.41) is 5.76. The van der Waals surface area contributed by atoms with Gasteiger partial charge in [0, 0.05) is 24.0 Å². The lowest BCUT2D eigenvalue weighted by Gasteiger charge is -2.34. The zero-order valence-corrected chi connectivity index (χ0v) is 14.9. The number of hydrogen-bond donors (Lipinski definition) is 1. The summed E-state index contributed by atoms with van der Waals surface area (Å²) in [5.41, 5.74) is 0.313. The van der Waals surface area contributed by atoms with Gasteiger partial charge in [-0.05, 0) is 49.7 Å². The zero-order chi connectivity index (χ0) is 15.2. The molecule has 0 fully saturated rings. The summed E-state index contributed by atoms with van der Waals surface area (Å²) in [5.74, 6) is 0.723. The van der Waals surface area contributed by atoms with E-state index in [4.69, 9.17) is 0 Å². The molecule has 116 valence electrons. The Labute approximate surface area is 129 Å². The molecule has 0 aliphatic heterocycles. The molecular formula is C17H32N2S. The molecule has 0 saturated carbocycles. The van der Waals surface area contributed by atoms with Crippen molar-refractivity contribution in [2.24, 2.45) is 11.3 Å². The Hall–Kier alpha value is -0.380. The van der Waals surface area contributed by atoms with Crippen LogP contribution in [-0.2, 0) is 6.42 Å². The second kappa shape index (κ2) is 8.16. The van der Waals surface area contributed by atoms with Gasteiger partial charge >= 0.3 is 0 Å².